The molecular formula is C17H26O3. The molecule has 3 heteroatoms. The van der Waals surface area contributed by atoms with Crippen molar-refractivity contribution in [2.75, 3.05) is 0 Å². The molecule has 2 N–H and O–H groups in total. The number of carbonyl (C=O) groups is 1. The van der Waals surface area contributed by atoms with E-state index in [1.165, 1.54) is 37.7 Å². The number of hydrogen-bond acceptors (Lipinski definition) is 2. The van der Waals surface area contributed by atoms with E-state index in [1.54, 1.807) is 12.1 Å². The lowest BCUT2D eigenvalue weighted by Gasteiger charge is -2.03. The Morgan fingerprint density at radius 1 is 0.800 bits per heavy atom. The van der Waals surface area contributed by atoms with Gasteiger partial charge >= 0.3 is 5.97 Å². The zero-order valence-corrected chi connectivity index (χ0v) is 12.2. The van der Waals surface area contributed by atoms with Crippen molar-refractivity contribution < 1.29 is 15.0 Å². The lowest BCUT2D eigenvalue weighted by Crippen LogP contribution is -1.93. The molecule has 3 nitrogen and oxygen atoms in total. The highest BCUT2D eigenvalue weighted by Gasteiger charge is 1.97. The molecule has 0 bridgehead atoms. The monoisotopic (exact) mass is 278 g/mol. The Hall–Kier alpha value is -1.51. The molecule has 0 aromatic heterocycles. The summed E-state index contributed by atoms with van der Waals surface area (Å²) in [6.45, 7) is 0. The molecule has 0 unspecified atom stereocenters. The number of hydrogen-bond donors (Lipinski definition) is 2. The number of benzene rings is 1. The molecule has 20 heavy (non-hydrogen) atoms. The number of carboxylic acids is 1. The van der Waals surface area contributed by atoms with Gasteiger partial charge in [0.2, 0.25) is 0 Å². The van der Waals surface area contributed by atoms with E-state index in [-0.39, 0.29) is 0 Å². The third kappa shape index (κ3) is 8.57. The Morgan fingerprint density at radius 3 is 1.85 bits per heavy atom. The first-order valence-corrected chi connectivity index (χ1v) is 7.68. The van der Waals surface area contributed by atoms with E-state index < -0.39 is 5.97 Å². The lowest BCUT2D eigenvalue weighted by atomic mass is 10.0. The van der Waals surface area contributed by atoms with E-state index in [4.69, 9.17) is 5.11 Å². The van der Waals surface area contributed by atoms with Crippen LogP contribution in [-0.2, 0) is 11.2 Å². The van der Waals surface area contributed by atoms with Crippen molar-refractivity contribution in [1.29, 1.82) is 0 Å². The fourth-order valence-electron chi connectivity index (χ4n) is 2.33. The van der Waals surface area contributed by atoms with Crippen LogP contribution in [0.2, 0.25) is 0 Å². The van der Waals surface area contributed by atoms with Gasteiger partial charge in [0.1, 0.15) is 5.75 Å². The molecule has 1 aromatic carbocycles. The Kier molecular flexibility index (Phi) is 8.52. The Labute approximate surface area is 121 Å². The number of aliphatic carboxylic acids is 1. The van der Waals surface area contributed by atoms with Crippen molar-refractivity contribution in [2.45, 2.75) is 64.2 Å². The predicted molar refractivity (Wildman–Crippen MR) is 81.0 cm³/mol. The zero-order chi connectivity index (χ0) is 14.6. The van der Waals surface area contributed by atoms with Crippen molar-refractivity contribution in [3.05, 3.63) is 29.8 Å². The molecule has 0 atom stereocenters. The van der Waals surface area contributed by atoms with Gasteiger partial charge in [-0.2, -0.15) is 0 Å². The van der Waals surface area contributed by atoms with Crippen LogP contribution in [0.3, 0.4) is 0 Å². The molecule has 1 rings (SSSR count). The number of phenolic OH excluding ortho intramolecular Hbond substituents is 1. The van der Waals surface area contributed by atoms with Crippen molar-refractivity contribution >= 4 is 5.97 Å². The van der Waals surface area contributed by atoms with Gasteiger partial charge in [-0.15, -0.1) is 0 Å². The second-order valence-electron chi connectivity index (χ2n) is 5.39. The number of rotatable bonds is 11. The maximum atomic E-state index is 10.3. The number of aryl methyl sites for hydroxylation is 1. The van der Waals surface area contributed by atoms with Crippen LogP contribution in [0.25, 0.3) is 0 Å². The second kappa shape index (κ2) is 10.3. The SMILES string of the molecule is O=C(O)CCCCCCCCCCc1ccc(O)cc1. The number of carboxylic acid groups (broad SMARTS) is 1. The predicted octanol–water partition coefficient (Wildman–Crippen LogP) is 4.53. The van der Waals surface area contributed by atoms with E-state index in [1.807, 2.05) is 12.1 Å². The van der Waals surface area contributed by atoms with Crippen LogP contribution >= 0.6 is 0 Å². The highest BCUT2D eigenvalue weighted by molar-refractivity contribution is 5.66. The van der Waals surface area contributed by atoms with Crippen LogP contribution in [0.1, 0.15) is 63.4 Å². The van der Waals surface area contributed by atoms with Gasteiger partial charge in [0.25, 0.3) is 0 Å². The van der Waals surface area contributed by atoms with E-state index in [2.05, 4.69) is 0 Å². The molecular weight excluding hydrogens is 252 g/mol. The van der Waals surface area contributed by atoms with Crippen molar-refractivity contribution in [3.63, 3.8) is 0 Å². The maximum Gasteiger partial charge on any atom is 0.303 e. The Morgan fingerprint density at radius 2 is 1.30 bits per heavy atom. The third-order valence-electron chi connectivity index (χ3n) is 3.54. The highest BCUT2D eigenvalue weighted by atomic mass is 16.4. The van der Waals surface area contributed by atoms with Crippen molar-refractivity contribution in [3.8, 4) is 5.75 Å². The Balaban J connectivity index is 1.87. The minimum atomic E-state index is -0.681. The topological polar surface area (TPSA) is 57.5 Å². The molecule has 0 aliphatic carbocycles. The van der Waals surface area contributed by atoms with Gasteiger partial charge in [0.15, 0.2) is 0 Å². The highest BCUT2D eigenvalue weighted by Crippen LogP contribution is 2.14. The van der Waals surface area contributed by atoms with E-state index in [0.717, 1.165) is 25.7 Å². The van der Waals surface area contributed by atoms with Crippen LogP contribution in [0, 0.1) is 0 Å². The summed E-state index contributed by atoms with van der Waals surface area (Å²) in [6, 6.07) is 7.45. The van der Waals surface area contributed by atoms with E-state index in [9.17, 15) is 9.90 Å². The minimum absolute atomic E-state index is 0.312. The molecule has 0 heterocycles. The molecule has 0 aliphatic heterocycles. The molecule has 0 spiro atoms. The molecule has 0 aliphatic rings. The quantitative estimate of drug-likeness (QED) is 0.585. The Bertz CT molecular complexity index is 370. The van der Waals surface area contributed by atoms with Crippen LogP contribution in [-0.4, -0.2) is 16.2 Å². The van der Waals surface area contributed by atoms with Crippen molar-refractivity contribution in [1.82, 2.24) is 0 Å². The molecule has 0 fully saturated rings. The zero-order valence-electron chi connectivity index (χ0n) is 12.2. The first kappa shape index (κ1) is 16.5. The summed E-state index contributed by atoms with van der Waals surface area (Å²) < 4.78 is 0. The first-order chi connectivity index (χ1) is 9.68. The summed E-state index contributed by atoms with van der Waals surface area (Å²) in [5.41, 5.74) is 1.29. The smallest absolute Gasteiger partial charge is 0.303 e. The summed E-state index contributed by atoms with van der Waals surface area (Å²) in [4.78, 5) is 10.3. The van der Waals surface area contributed by atoms with Crippen LogP contribution in [0.15, 0.2) is 24.3 Å². The van der Waals surface area contributed by atoms with Gasteiger partial charge in [0.05, 0.1) is 0 Å². The molecule has 1 aromatic rings. The maximum absolute atomic E-state index is 10.3. The van der Waals surface area contributed by atoms with Crippen LogP contribution < -0.4 is 0 Å². The number of unbranched alkanes of at least 4 members (excludes halogenated alkanes) is 7. The van der Waals surface area contributed by atoms with Gasteiger partial charge in [-0.05, 0) is 37.0 Å². The summed E-state index contributed by atoms with van der Waals surface area (Å²) >= 11 is 0. The summed E-state index contributed by atoms with van der Waals surface area (Å²) in [5, 5.41) is 17.7. The summed E-state index contributed by atoms with van der Waals surface area (Å²) in [6.07, 6.45) is 10.6. The number of aromatic hydroxyl groups is 1. The lowest BCUT2D eigenvalue weighted by molar-refractivity contribution is -0.137. The largest absolute Gasteiger partial charge is 0.508 e. The van der Waals surface area contributed by atoms with E-state index in [0.29, 0.717) is 12.2 Å². The molecule has 0 radical (unpaired) electrons. The van der Waals surface area contributed by atoms with Crippen molar-refractivity contribution in [2.24, 2.45) is 0 Å². The van der Waals surface area contributed by atoms with Gasteiger partial charge in [-0.1, -0.05) is 50.7 Å². The van der Waals surface area contributed by atoms with E-state index >= 15 is 0 Å². The van der Waals surface area contributed by atoms with Crippen LogP contribution in [0.5, 0.6) is 5.75 Å². The third-order valence-corrected chi connectivity index (χ3v) is 3.54. The molecule has 0 saturated heterocycles. The fourth-order valence-corrected chi connectivity index (χ4v) is 2.33. The van der Waals surface area contributed by atoms with Gasteiger partial charge in [-0.25, -0.2) is 0 Å². The molecule has 0 saturated carbocycles. The minimum Gasteiger partial charge on any atom is -0.508 e. The average molecular weight is 278 g/mol. The normalized spacial score (nSPS) is 10.6. The fraction of sp³-hybridized carbons (Fsp3) is 0.588. The second-order valence-corrected chi connectivity index (χ2v) is 5.39. The molecule has 112 valence electrons. The molecule has 0 amide bonds. The van der Waals surface area contributed by atoms with Gasteiger partial charge in [0, 0.05) is 6.42 Å². The standard InChI is InChI=1S/C17H26O3/c18-16-13-11-15(12-14-16)9-7-5-3-1-2-4-6-8-10-17(19)20/h11-14,18H,1-10H2,(H,19,20). The van der Waals surface area contributed by atoms with Gasteiger partial charge < -0.3 is 10.2 Å². The first-order valence-electron chi connectivity index (χ1n) is 7.68. The average Bonchev–Trinajstić information content (AvgIpc) is 2.42. The summed E-state index contributed by atoms with van der Waals surface area (Å²) in [5.74, 6) is -0.351. The number of phenols is 1. The van der Waals surface area contributed by atoms with Crippen LogP contribution in [0.4, 0.5) is 0 Å². The van der Waals surface area contributed by atoms with Gasteiger partial charge in [-0.3, -0.25) is 4.79 Å². The summed E-state index contributed by atoms with van der Waals surface area (Å²) in [7, 11) is 0.